The Hall–Kier alpha value is -2.64. The van der Waals surface area contributed by atoms with Crippen molar-refractivity contribution < 1.29 is 19.2 Å². The Morgan fingerprint density at radius 1 is 1.21 bits per heavy atom. The largest absolute Gasteiger partial charge is 0.466 e. The predicted molar refractivity (Wildman–Crippen MR) is 107 cm³/mol. The maximum atomic E-state index is 12.5. The molecular weight excluding hydrogens is 407 g/mol. The van der Waals surface area contributed by atoms with Crippen LogP contribution in [0.25, 0.3) is 0 Å². The standard InChI is InChI=1S/C19H18Cl2N2O5/c1-3-28-19(25)11-18(13-5-4-6-15(9-13)23(26)27)22(12(2)24)17-8-7-14(20)10-16(17)21/h4-10,18H,3,11H2,1-2H3. The van der Waals surface area contributed by atoms with Gasteiger partial charge in [-0.1, -0.05) is 35.3 Å². The minimum Gasteiger partial charge on any atom is -0.466 e. The molecule has 0 radical (unpaired) electrons. The molecule has 0 aromatic heterocycles. The average molecular weight is 425 g/mol. The van der Waals surface area contributed by atoms with Gasteiger partial charge >= 0.3 is 5.97 Å². The molecule has 28 heavy (non-hydrogen) atoms. The summed E-state index contributed by atoms with van der Waals surface area (Å²) in [5.74, 6) is -0.944. The molecule has 148 valence electrons. The molecular formula is C19H18Cl2N2O5. The van der Waals surface area contributed by atoms with Crippen molar-refractivity contribution in [3.8, 4) is 0 Å². The van der Waals surface area contributed by atoms with Gasteiger partial charge in [-0.2, -0.15) is 0 Å². The number of nitro benzene ring substituents is 1. The molecule has 0 aliphatic carbocycles. The lowest BCUT2D eigenvalue weighted by molar-refractivity contribution is -0.384. The molecule has 2 aromatic carbocycles. The van der Waals surface area contributed by atoms with Crippen molar-refractivity contribution in [3.05, 3.63) is 68.2 Å². The number of nitro groups is 1. The van der Waals surface area contributed by atoms with Crippen molar-refractivity contribution in [3.63, 3.8) is 0 Å². The van der Waals surface area contributed by atoms with Crippen LogP contribution in [0.1, 0.15) is 31.9 Å². The first-order valence-electron chi connectivity index (χ1n) is 8.39. The number of carbonyl (C=O) groups excluding carboxylic acids is 2. The molecule has 1 atom stereocenters. The van der Waals surface area contributed by atoms with Crippen LogP contribution < -0.4 is 4.90 Å². The second-order valence-corrected chi connectivity index (χ2v) is 6.71. The number of hydrogen-bond donors (Lipinski definition) is 0. The number of ether oxygens (including phenoxy) is 1. The van der Waals surface area contributed by atoms with Crippen molar-refractivity contribution in [2.24, 2.45) is 0 Å². The lowest BCUT2D eigenvalue weighted by Crippen LogP contribution is -2.35. The average Bonchev–Trinajstić information content (AvgIpc) is 2.63. The Labute approximate surface area is 171 Å². The van der Waals surface area contributed by atoms with Crippen LogP contribution in [0.2, 0.25) is 10.0 Å². The Kier molecular flexibility index (Phi) is 7.37. The highest BCUT2D eigenvalue weighted by Gasteiger charge is 2.30. The Morgan fingerprint density at radius 3 is 2.50 bits per heavy atom. The Balaban J connectivity index is 2.60. The minimum atomic E-state index is -0.852. The van der Waals surface area contributed by atoms with Gasteiger partial charge in [-0.25, -0.2) is 0 Å². The number of halogens is 2. The summed E-state index contributed by atoms with van der Waals surface area (Å²) in [5.41, 5.74) is 0.583. The zero-order valence-electron chi connectivity index (χ0n) is 15.2. The molecule has 0 spiro atoms. The van der Waals surface area contributed by atoms with Gasteiger partial charge < -0.3 is 9.64 Å². The summed E-state index contributed by atoms with van der Waals surface area (Å²) in [6, 6.07) is 9.50. The third-order valence-corrected chi connectivity index (χ3v) is 4.49. The summed E-state index contributed by atoms with van der Waals surface area (Å²) >= 11 is 12.2. The number of nitrogens with zero attached hydrogens (tertiary/aromatic N) is 2. The monoisotopic (exact) mass is 424 g/mol. The van der Waals surface area contributed by atoms with Crippen LogP contribution in [0.5, 0.6) is 0 Å². The molecule has 7 nitrogen and oxygen atoms in total. The van der Waals surface area contributed by atoms with E-state index in [2.05, 4.69) is 0 Å². The SMILES string of the molecule is CCOC(=O)CC(c1cccc([N+](=O)[O-])c1)N(C(C)=O)c1ccc(Cl)cc1Cl. The quantitative estimate of drug-likeness (QED) is 0.356. The third kappa shape index (κ3) is 5.21. The van der Waals surface area contributed by atoms with Gasteiger partial charge in [0.2, 0.25) is 5.91 Å². The normalized spacial score (nSPS) is 11.6. The van der Waals surface area contributed by atoms with Crippen molar-refractivity contribution >= 4 is 46.5 Å². The van der Waals surface area contributed by atoms with Crippen molar-refractivity contribution in [2.75, 3.05) is 11.5 Å². The van der Waals surface area contributed by atoms with Gasteiger partial charge in [0.05, 0.1) is 34.7 Å². The maximum Gasteiger partial charge on any atom is 0.308 e. The highest BCUT2D eigenvalue weighted by Crippen LogP contribution is 2.37. The third-order valence-electron chi connectivity index (χ3n) is 3.95. The summed E-state index contributed by atoms with van der Waals surface area (Å²) in [6.45, 7) is 3.15. The molecule has 0 bridgehead atoms. The summed E-state index contributed by atoms with van der Waals surface area (Å²) in [4.78, 5) is 36.6. The van der Waals surface area contributed by atoms with Crippen LogP contribution in [0.15, 0.2) is 42.5 Å². The van der Waals surface area contributed by atoms with Gasteiger partial charge in [-0.15, -0.1) is 0 Å². The number of anilines is 1. The number of hydrogen-bond acceptors (Lipinski definition) is 5. The van der Waals surface area contributed by atoms with Gasteiger partial charge in [-0.3, -0.25) is 19.7 Å². The lowest BCUT2D eigenvalue weighted by Gasteiger charge is -2.31. The molecule has 2 aromatic rings. The molecule has 2 rings (SSSR count). The zero-order valence-corrected chi connectivity index (χ0v) is 16.7. The topological polar surface area (TPSA) is 89.8 Å². The molecule has 0 saturated carbocycles. The maximum absolute atomic E-state index is 12.5. The molecule has 1 amide bonds. The van der Waals surface area contributed by atoms with E-state index in [9.17, 15) is 19.7 Å². The number of rotatable bonds is 7. The fourth-order valence-corrected chi connectivity index (χ4v) is 3.31. The van der Waals surface area contributed by atoms with Gasteiger partial charge in [-0.05, 0) is 30.7 Å². The molecule has 0 saturated heterocycles. The number of esters is 1. The van der Waals surface area contributed by atoms with E-state index < -0.39 is 22.8 Å². The van der Waals surface area contributed by atoms with E-state index >= 15 is 0 Å². The van der Waals surface area contributed by atoms with E-state index in [0.717, 1.165) is 0 Å². The van der Waals surface area contributed by atoms with Gasteiger partial charge in [0.25, 0.3) is 5.69 Å². The Bertz CT molecular complexity index is 904. The van der Waals surface area contributed by atoms with Crippen LogP contribution in [0.3, 0.4) is 0 Å². The van der Waals surface area contributed by atoms with E-state index in [1.165, 1.54) is 36.1 Å². The summed E-state index contributed by atoms with van der Waals surface area (Å²) < 4.78 is 5.02. The zero-order chi connectivity index (χ0) is 20.8. The van der Waals surface area contributed by atoms with E-state index in [-0.39, 0.29) is 23.7 Å². The minimum absolute atomic E-state index is 0.155. The fraction of sp³-hybridized carbons (Fsp3) is 0.263. The molecule has 0 aliphatic rings. The van der Waals surface area contributed by atoms with Gasteiger partial charge in [0.15, 0.2) is 0 Å². The fourth-order valence-electron chi connectivity index (χ4n) is 2.82. The predicted octanol–water partition coefficient (Wildman–Crippen LogP) is 4.95. The van der Waals surface area contributed by atoms with Crippen molar-refractivity contribution in [2.45, 2.75) is 26.3 Å². The molecule has 0 fully saturated rings. The molecule has 0 heterocycles. The second kappa shape index (κ2) is 9.52. The summed E-state index contributed by atoms with van der Waals surface area (Å²) in [7, 11) is 0. The number of amides is 1. The van der Waals surface area contributed by atoms with Crippen LogP contribution in [0.4, 0.5) is 11.4 Å². The number of benzene rings is 2. The van der Waals surface area contributed by atoms with Crippen molar-refractivity contribution in [1.29, 1.82) is 0 Å². The first-order chi connectivity index (χ1) is 13.2. The van der Waals surface area contributed by atoms with Crippen LogP contribution in [0, 0.1) is 10.1 Å². The van der Waals surface area contributed by atoms with Crippen molar-refractivity contribution in [1.82, 2.24) is 0 Å². The Morgan fingerprint density at radius 2 is 1.93 bits per heavy atom. The lowest BCUT2D eigenvalue weighted by atomic mass is 10.00. The first-order valence-corrected chi connectivity index (χ1v) is 9.15. The van der Waals surface area contributed by atoms with Gasteiger partial charge in [0, 0.05) is 24.1 Å². The molecule has 1 unspecified atom stereocenters. The molecule has 0 N–H and O–H groups in total. The molecule has 0 aliphatic heterocycles. The van der Waals surface area contributed by atoms with Crippen LogP contribution in [-0.4, -0.2) is 23.4 Å². The van der Waals surface area contributed by atoms with E-state index in [1.807, 2.05) is 0 Å². The van der Waals surface area contributed by atoms with Crippen LogP contribution in [-0.2, 0) is 14.3 Å². The van der Waals surface area contributed by atoms with E-state index in [4.69, 9.17) is 27.9 Å². The highest BCUT2D eigenvalue weighted by atomic mass is 35.5. The smallest absolute Gasteiger partial charge is 0.308 e. The number of carbonyl (C=O) groups is 2. The second-order valence-electron chi connectivity index (χ2n) is 5.86. The molecule has 9 heteroatoms. The first kappa shape index (κ1) is 21.7. The van der Waals surface area contributed by atoms with E-state index in [1.54, 1.807) is 25.1 Å². The number of non-ortho nitro benzene ring substituents is 1. The highest BCUT2D eigenvalue weighted by molar-refractivity contribution is 6.36. The van der Waals surface area contributed by atoms with Crippen LogP contribution >= 0.6 is 23.2 Å². The van der Waals surface area contributed by atoms with Gasteiger partial charge in [0.1, 0.15) is 0 Å². The summed E-state index contributed by atoms with van der Waals surface area (Å²) in [5, 5.41) is 11.8. The summed E-state index contributed by atoms with van der Waals surface area (Å²) in [6.07, 6.45) is -0.201. The van der Waals surface area contributed by atoms with E-state index in [0.29, 0.717) is 16.3 Å².